The Hall–Kier alpha value is -1.85. The third-order valence-electron chi connectivity index (χ3n) is 4.39. The van der Waals surface area contributed by atoms with Crippen LogP contribution in [0.5, 0.6) is 0 Å². The molecule has 1 aliphatic rings. The molecule has 5 nitrogen and oxygen atoms in total. The first kappa shape index (κ1) is 17.0. The van der Waals surface area contributed by atoms with Gasteiger partial charge in [0.1, 0.15) is 5.82 Å². The number of halogens is 1. The first-order valence-electron chi connectivity index (χ1n) is 8.38. The molecule has 2 aromatic rings. The zero-order chi connectivity index (χ0) is 16.9. The number of carbonyl (C=O) groups is 1. The Bertz CT molecular complexity index is 677. The second kappa shape index (κ2) is 7.81. The lowest BCUT2D eigenvalue weighted by Crippen LogP contribution is -2.30. The first-order chi connectivity index (χ1) is 11.6. The molecule has 0 aliphatic heterocycles. The van der Waals surface area contributed by atoms with Crippen LogP contribution in [0.15, 0.2) is 36.5 Å². The summed E-state index contributed by atoms with van der Waals surface area (Å²) in [4.78, 5) is 14.3. The second-order valence-corrected chi connectivity index (χ2v) is 6.88. The summed E-state index contributed by atoms with van der Waals surface area (Å²) in [7, 11) is 1.93. The molecule has 1 amide bonds. The van der Waals surface area contributed by atoms with Crippen molar-refractivity contribution in [3.05, 3.63) is 47.1 Å². The minimum absolute atomic E-state index is 0.0220. The van der Waals surface area contributed by atoms with Crippen LogP contribution >= 0.6 is 11.6 Å². The van der Waals surface area contributed by atoms with Gasteiger partial charge in [0.05, 0.1) is 18.8 Å². The van der Waals surface area contributed by atoms with Gasteiger partial charge in [0.25, 0.3) is 0 Å². The third-order valence-corrected chi connectivity index (χ3v) is 4.64. The lowest BCUT2D eigenvalue weighted by Gasteiger charge is -2.18. The minimum Gasteiger partial charge on any atom is -0.310 e. The van der Waals surface area contributed by atoms with Gasteiger partial charge < -0.3 is 5.32 Å². The van der Waals surface area contributed by atoms with E-state index < -0.39 is 0 Å². The predicted molar refractivity (Wildman–Crippen MR) is 96.1 cm³/mol. The molecular weight excluding hydrogens is 324 g/mol. The van der Waals surface area contributed by atoms with E-state index in [0.717, 1.165) is 29.2 Å². The fourth-order valence-corrected chi connectivity index (χ4v) is 3.36. The molecule has 0 saturated heterocycles. The van der Waals surface area contributed by atoms with Crippen molar-refractivity contribution in [2.75, 3.05) is 18.9 Å². The van der Waals surface area contributed by atoms with Gasteiger partial charge in [-0.05, 0) is 37.6 Å². The SMILES string of the molecule is CN(CC(=O)Nc1ccnn1C1CCCC1)Cc1ccc(Cl)cc1. The van der Waals surface area contributed by atoms with Crippen LogP contribution in [0.25, 0.3) is 0 Å². The van der Waals surface area contributed by atoms with Crippen LogP contribution < -0.4 is 5.32 Å². The molecule has 3 rings (SSSR count). The summed E-state index contributed by atoms with van der Waals surface area (Å²) in [6, 6.07) is 9.98. The van der Waals surface area contributed by atoms with E-state index in [1.54, 1.807) is 6.20 Å². The standard InChI is InChI=1S/C18H23ClN4O/c1-22(12-14-6-8-15(19)9-7-14)13-18(24)21-17-10-11-20-23(17)16-4-2-3-5-16/h6-11,16H,2-5,12-13H2,1H3,(H,21,24). The molecule has 128 valence electrons. The first-order valence-corrected chi connectivity index (χ1v) is 8.76. The average molecular weight is 347 g/mol. The molecule has 1 aromatic heterocycles. The van der Waals surface area contributed by atoms with Crippen molar-refractivity contribution in [1.29, 1.82) is 0 Å². The summed E-state index contributed by atoms with van der Waals surface area (Å²) in [5.74, 6) is 0.776. The van der Waals surface area contributed by atoms with Gasteiger partial charge >= 0.3 is 0 Å². The molecule has 1 saturated carbocycles. The summed E-state index contributed by atoms with van der Waals surface area (Å²) < 4.78 is 1.96. The number of anilines is 1. The van der Waals surface area contributed by atoms with E-state index >= 15 is 0 Å². The highest BCUT2D eigenvalue weighted by Gasteiger charge is 2.20. The summed E-state index contributed by atoms with van der Waals surface area (Å²) >= 11 is 5.89. The maximum atomic E-state index is 12.3. The highest BCUT2D eigenvalue weighted by molar-refractivity contribution is 6.30. The molecule has 1 N–H and O–H groups in total. The number of likely N-dealkylation sites (N-methyl/N-ethyl adjacent to an activating group) is 1. The number of carbonyl (C=O) groups excluding carboxylic acids is 1. The Morgan fingerprint density at radius 1 is 1.29 bits per heavy atom. The molecule has 1 heterocycles. The highest BCUT2D eigenvalue weighted by atomic mass is 35.5. The number of amides is 1. The number of nitrogens with zero attached hydrogens (tertiary/aromatic N) is 3. The Balaban J connectivity index is 1.53. The topological polar surface area (TPSA) is 50.2 Å². The van der Waals surface area contributed by atoms with Crippen LogP contribution in [-0.4, -0.2) is 34.2 Å². The Morgan fingerprint density at radius 3 is 2.71 bits per heavy atom. The second-order valence-electron chi connectivity index (χ2n) is 6.45. The maximum absolute atomic E-state index is 12.3. The molecular formula is C18H23ClN4O. The number of hydrogen-bond acceptors (Lipinski definition) is 3. The van der Waals surface area contributed by atoms with E-state index in [1.165, 1.54) is 12.8 Å². The molecule has 6 heteroatoms. The van der Waals surface area contributed by atoms with Crippen molar-refractivity contribution in [3.63, 3.8) is 0 Å². The minimum atomic E-state index is -0.0220. The van der Waals surface area contributed by atoms with Crippen LogP contribution in [0.4, 0.5) is 5.82 Å². The van der Waals surface area contributed by atoms with E-state index in [9.17, 15) is 4.79 Å². The van der Waals surface area contributed by atoms with Gasteiger partial charge in [0.15, 0.2) is 0 Å². The van der Waals surface area contributed by atoms with Gasteiger partial charge in [-0.2, -0.15) is 5.10 Å². The molecule has 0 unspecified atom stereocenters. The maximum Gasteiger partial charge on any atom is 0.239 e. The van der Waals surface area contributed by atoms with Crippen molar-refractivity contribution in [3.8, 4) is 0 Å². The highest BCUT2D eigenvalue weighted by Crippen LogP contribution is 2.31. The van der Waals surface area contributed by atoms with Crippen LogP contribution in [-0.2, 0) is 11.3 Å². The molecule has 1 aromatic carbocycles. The number of aromatic nitrogens is 2. The van der Waals surface area contributed by atoms with E-state index in [0.29, 0.717) is 19.1 Å². The van der Waals surface area contributed by atoms with Crippen LogP contribution in [0.3, 0.4) is 0 Å². The van der Waals surface area contributed by atoms with Gasteiger partial charge in [-0.15, -0.1) is 0 Å². The number of benzene rings is 1. The lowest BCUT2D eigenvalue weighted by atomic mass is 10.2. The number of nitrogens with one attached hydrogen (secondary N) is 1. The molecule has 0 spiro atoms. The third kappa shape index (κ3) is 4.36. The molecule has 0 radical (unpaired) electrons. The van der Waals surface area contributed by atoms with Crippen molar-refractivity contribution >= 4 is 23.3 Å². The summed E-state index contributed by atoms with van der Waals surface area (Å²) in [6.07, 6.45) is 6.51. The fourth-order valence-electron chi connectivity index (χ4n) is 3.24. The zero-order valence-corrected chi connectivity index (χ0v) is 14.7. The molecule has 0 atom stereocenters. The average Bonchev–Trinajstić information content (AvgIpc) is 3.20. The normalized spacial score (nSPS) is 15.1. The van der Waals surface area contributed by atoms with Gasteiger partial charge in [-0.3, -0.25) is 9.69 Å². The molecule has 1 fully saturated rings. The quantitative estimate of drug-likeness (QED) is 0.867. The Morgan fingerprint density at radius 2 is 2.00 bits per heavy atom. The van der Waals surface area contributed by atoms with Gasteiger partial charge in [-0.25, -0.2) is 4.68 Å². The summed E-state index contributed by atoms with van der Waals surface area (Å²) in [6.45, 7) is 1.03. The largest absolute Gasteiger partial charge is 0.310 e. The Labute approximate surface area is 147 Å². The van der Waals surface area contributed by atoms with Crippen molar-refractivity contribution in [2.45, 2.75) is 38.3 Å². The lowest BCUT2D eigenvalue weighted by molar-refractivity contribution is -0.117. The van der Waals surface area contributed by atoms with Gasteiger partial charge in [0.2, 0.25) is 5.91 Å². The molecule has 0 bridgehead atoms. The van der Waals surface area contributed by atoms with E-state index in [2.05, 4.69) is 10.4 Å². The Kier molecular flexibility index (Phi) is 5.53. The van der Waals surface area contributed by atoms with Gasteiger partial charge in [-0.1, -0.05) is 36.6 Å². The van der Waals surface area contributed by atoms with Gasteiger partial charge in [0, 0.05) is 17.6 Å². The number of rotatable bonds is 6. The van der Waals surface area contributed by atoms with Crippen molar-refractivity contribution < 1.29 is 4.79 Å². The van der Waals surface area contributed by atoms with E-state index in [4.69, 9.17) is 11.6 Å². The van der Waals surface area contributed by atoms with Crippen molar-refractivity contribution in [1.82, 2.24) is 14.7 Å². The van der Waals surface area contributed by atoms with Crippen LogP contribution in [0.2, 0.25) is 5.02 Å². The smallest absolute Gasteiger partial charge is 0.239 e. The molecule has 1 aliphatic carbocycles. The summed E-state index contributed by atoms with van der Waals surface area (Å²) in [5.41, 5.74) is 1.13. The van der Waals surface area contributed by atoms with E-state index in [1.807, 2.05) is 47.0 Å². The molecule has 24 heavy (non-hydrogen) atoms. The van der Waals surface area contributed by atoms with Crippen molar-refractivity contribution in [2.24, 2.45) is 0 Å². The monoisotopic (exact) mass is 346 g/mol. The summed E-state index contributed by atoms with van der Waals surface area (Å²) in [5, 5.41) is 8.10. The fraction of sp³-hybridized carbons (Fsp3) is 0.444. The van der Waals surface area contributed by atoms with Crippen LogP contribution in [0, 0.1) is 0 Å². The van der Waals surface area contributed by atoms with Crippen LogP contribution in [0.1, 0.15) is 37.3 Å². The predicted octanol–water partition coefficient (Wildman–Crippen LogP) is 3.72. The zero-order valence-electron chi connectivity index (χ0n) is 13.9. The van der Waals surface area contributed by atoms with E-state index in [-0.39, 0.29) is 5.91 Å². The number of hydrogen-bond donors (Lipinski definition) is 1.